The molecular formula is C22H24O2. The lowest BCUT2D eigenvalue weighted by molar-refractivity contribution is 0.0363. The molecule has 3 aliphatic rings. The highest BCUT2D eigenvalue weighted by Crippen LogP contribution is 2.67. The summed E-state index contributed by atoms with van der Waals surface area (Å²) in [5.41, 5.74) is 7.39. The molecule has 0 amide bonds. The predicted molar refractivity (Wildman–Crippen MR) is 96.7 cm³/mol. The Morgan fingerprint density at radius 2 is 1.75 bits per heavy atom. The van der Waals surface area contributed by atoms with Crippen molar-refractivity contribution in [1.82, 2.24) is 0 Å². The molecule has 0 aliphatic heterocycles. The van der Waals surface area contributed by atoms with E-state index in [0.29, 0.717) is 5.75 Å². The molecule has 4 rings (SSSR count). The van der Waals surface area contributed by atoms with Gasteiger partial charge in [-0.25, -0.2) is 0 Å². The van der Waals surface area contributed by atoms with Crippen LogP contribution in [-0.2, 0) is 6.42 Å². The van der Waals surface area contributed by atoms with E-state index in [1.807, 2.05) is 19.1 Å². The highest BCUT2D eigenvalue weighted by atomic mass is 16.3. The molecule has 2 N–H and O–H groups in total. The van der Waals surface area contributed by atoms with Gasteiger partial charge >= 0.3 is 0 Å². The Kier molecular flexibility index (Phi) is 3.05. The number of hydrogen-bond donors (Lipinski definition) is 2. The Morgan fingerprint density at radius 3 is 2.33 bits per heavy atom. The minimum absolute atomic E-state index is 0.123. The van der Waals surface area contributed by atoms with Crippen molar-refractivity contribution in [2.75, 3.05) is 0 Å². The Hall–Kier alpha value is -2.06. The first-order valence-electron chi connectivity index (χ1n) is 8.61. The van der Waals surface area contributed by atoms with Crippen LogP contribution in [-0.4, -0.2) is 15.8 Å². The van der Waals surface area contributed by atoms with Crippen molar-refractivity contribution < 1.29 is 10.2 Å². The van der Waals surface area contributed by atoms with Crippen LogP contribution in [0.4, 0.5) is 0 Å². The summed E-state index contributed by atoms with van der Waals surface area (Å²) in [6.45, 7) is 10.5. The Morgan fingerprint density at radius 1 is 1.12 bits per heavy atom. The van der Waals surface area contributed by atoms with Gasteiger partial charge in [0.05, 0.1) is 5.60 Å². The zero-order valence-corrected chi connectivity index (χ0v) is 14.6. The van der Waals surface area contributed by atoms with Gasteiger partial charge in [0.1, 0.15) is 5.75 Å². The molecule has 0 unspecified atom stereocenters. The molecule has 0 bridgehead atoms. The van der Waals surface area contributed by atoms with Gasteiger partial charge in [-0.05, 0) is 85.6 Å². The minimum Gasteiger partial charge on any atom is -0.508 e. The number of phenolic OH excluding ortho intramolecular Hbond substituents is 1. The number of aromatic hydroxyl groups is 1. The molecular weight excluding hydrogens is 296 g/mol. The molecule has 1 atom stereocenters. The van der Waals surface area contributed by atoms with E-state index in [9.17, 15) is 10.2 Å². The molecule has 1 aromatic carbocycles. The Labute approximate surface area is 143 Å². The van der Waals surface area contributed by atoms with E-state index in [1.165, 1.54) is 27.9 Å². The van der Waals surface area contributed by atoms with Crippen molar-refractivity contribution in [3.8, 4) is 5.75 Å². The zero-order chi connectivity index (χ0) is 17.3. The summed E-state index contributed by atoms with van der Waals surface area (Å²) in [6.07, 6.45) is 5.09. The van der Waals surface area contributed by atoms with Gasteiger partial charge in [0.15, 0.2) is 0 Å². The molecule has 124 valence electrons. The SMILES string of the molecule is C=C1C2=CC(C)=C(Cc3ccc(O)cc3)C2=C(C)C2(CC2)[C@@]1(C)O. The smallest absolute Gasteiger partial charge is 0.115 e. The zero-order valence-electron chi connectivity index (χ0n) is 14.6. The first-order chi connectivity index (χ1) is 11.3. The maximum atomic E-state index is 11.1. The first-order valence-corrected chi connectivity index (χ1v) is 8.61. The van der Waals surface area contributed by atoms with E-state index in [0.717, 1.165) is 30.4 Å². The molecule has 0 aromatic heterocycles. The van der Waals surface area contributed by atoms with Crippen LogP contribution in [0.5, 0.6) is 5.75 Å². The van der Waals surface area contributed by atoms with Crippen molar-refractivity contribution in [2.45, 2.75) is 45.6 Å². The summed E-state index contributed by atoms with van der Waals surface area (Å²) in [7, 11) is 0. The number of allylic oxidation sites excluding steroid dienone is 4. The van der Waals surface area contributed by atoms with Gasteiger partial charge in [0, 0.05) is 5.41 Å². The normalized spacial score (nSPS) is 27.7. The highest BCUT2D eigenvalue weighted by molar-refractivity contribution is 5.73. The van der Waals surface area contributed by atoms with Gasteiger partial charge in [-0.1, -0.05) is 30.4 Å². The molecule has 1 spiro atoms. The molecule has 1 fully saturated rings. The summed E-state index contributed by atoms with van der Waals surface area (Å²) in [5.74, 6) is 0.295. The monoisotopic (exact) mass is 320 g/mol. The van der Waals surface area contributed by atoms with Gasteiger partial charge < -0.3 is 10.2 Å². The Balaban J connectivity index is 1.80. The van der Waals surface area contributed by atoms with Crippen LogP contribution in [0.1, 0.15) is 39.2 Å². The summed E-state index contributed by atoms with van der Waals surface area (Å²) in [5, 5.41) is 20.6. The molecule has 1 saturated carbocycles. The number of fused-ring (bicyclic) bond motifs is 1. The van der Waals surface area contributed by atoms with Crippen molar-refractivity contribution in [1.29, 1.82) is 0 Å². The molecule has 2 nitrogen and oxygen atoms in total. The van der Waals surface area contributed by atoms with Gasteiger partial charge in [0.25, 0.3) is 0 Å². The third-order valence-corrected chi connectivity index (χ3v) is 6.41. The van der Waals surface area contributed by atoms with Crippen LogP contribution in [0, 0.1) is 5.41 Å². The molecule has 2 heteroatoms. The summed E-state index contributed by atoms with van der Waals surface area (Å²) in [4.78, 5) is 0. The van der Waals surface area contributed by atoms with E-state index in [1.54, 1.807) is 12.1 Å². The maximum absolute atomic E-state index is 11.1. The van der Waals surface area contributed by atoms with Crippen LogP contribution >= 0.6 is 0 Å². The lowest BCUT2D eigenvalue weighted by Crippen LogP contribution is -2.43. The van der Waals surface area contributed by atoms with Gasteiger partial charge in [0.2, 0.25) is 0 Å². The average molecular weight is 320 g/mol. The molecule has 0 radical (unpaired) electrons. The fraction of sp³-hybridized carbons (Fsp3) is 0.364. The second-order valence-corrected chi connectivity index (χ2v) is 7.70. The summed E-state index contributed by atoms with van der Waals surface area (Å²) < 4.78 is 0. The largest absolute Gasteiger partial charge is 0.508 e. The maximum Gasteiger partial charge on any atom is 0.115 e. The van der Waals surface area contributed by atoms with Crippen molar-refractivity contribution in [2.24, 2.45) is 5.41 Å². The lowest BCUT2D eigenvalue weighted by atomic mass is 9.65. The van der Waals surface area contributed by atoms with Crippen LogP contribution in [0.15, 0.2) is 70.4 Å². The van der Waals surface area contributed by atoms with Crippen LogP contribution in [0.25, 0.3) is 0 Å². The molecule has 0 heterocycles. The quantitative estimate of drug-likeness (QED) is 0.835. The number of phenols is 1. The average Bonchev–Trinajstić information content (AvgIpc) is 3.29. The standard InChI is InChI=1S/C22H24O2/c1-13-11-19-14(2)21(4,24)22(9-10-22)15(3)20(19)18(13)12-16-5-7-17(23)8-6-16/h5-8,11,23-24H,2,9-10,12H2,1,3-4H3/t21-/m0/s1. The molecule has 24 heavy (non-hydrogen) atoms. The summed E-state index contributed by atoms with van der Waals surface area (Å²) in [6, 6.07) is 7.43. The van der Waals surface area contributed by atoms with E-state index in [4.69, 9.17) is 0 Å². The van der Waals surface area contributed by atoms with Gasteiger partial charge in [-0.15, -0.1) is 0 Å². The van der Waals surface area contributed by atoms with Gasteiger partial charge in [-0.3, -0.25) is 0 Å². The van der Waals surface area contributed by atoms with E-state index >= 15 is 0 Å². The Bertz CT molecular complexity index is 840. The minimum atomic E-state index is -0.847. The fourth-order valence-corrected chi connectivity index (χ4v) is 4.59. The molecule has 0 saturated heterocycles. The van der Waals surface area contributed by atoms with E-state index < -0.39 is 5.60 Å². The van der Waals surface area contributed by atoms with E-state index in [-0.39, 0.29) is 5.41 Å². The number of benzene rings is 1. The fourth-order valence-electron chi connectivity index (χ4n) is 4.59. The van der Waals surface area contributed by atoms with Crippen molar-refractivity contribution >= 4 is 0 Å². The number of rotatable bonds is 2. The third kappa shape index (κ3) is 1.86. The molecule has 1 aromatic rings. The first kappa shape index (κ1) is 15.5. The van der Waals surface area contributed by atoms with Crippen molar-refractivity contribution in [3.63, 3.8) is 0 Å². The van der Waals surface area contributed by atoms with Gasteiger partial charge in [-0.2, -0.15) is 0 Å². The molecule has 3 aliphatic carbocycles. The van der Waals surface area contributed by atoms with Crippen LogP contribution < -0.4 is 0 Å². The van der Waals surface area contributed by atoms with E-state index in [2.05, 4.69) is 26.5 Å². The highest BCUT2D eigenvalue weighted by Gasteiger charge is 2.62. The van der Waals surface area contributed by atoms with Crippen molar-refractivity contribution in [3.05, 3.63) is 75.9 Å². The second-order valence-electron chi connectivity index (χ2n) is 7.70. The lowest BCUT2D eigenvalue weighted by Gasteiger charge is -2.42. The number of aliphatic hydroxyl groups is 1. The predicted octanol–water partition coefficient (Wildman–Crippen LogP) is 4.61. The second kappa shape index (κ2) is 4.73. The van der Waals surface area contributed by atoms with Crippen LogP contribution in [0.2, 0.25) is 0 Å². The third-order valence-electron chi connectivity index (χ3n) is 6.41. The summed E-state index contributed by atoms with van der Waals surface area (Å²) >= 11 is 0. The number of hydrogen-bond acceptors (Lipinski definition) is 2. The topological polar surface area (TPSA) is 40.5 Å². The van der Waals surface area contributed by atoms with Crippen LogP contribution in [0.3, 0.4) is 0 Å².